The Morgan fingerprint density at radius 2 is 2.05 bits per heavy atom. The second-order valence-corrected chi connectivity index (χ2v) is 7.72. The largest absolute Gasteiger partial charge is 0.310 e. The summed E-state index contributed by atoms with van der Waals surface area (Å²) in [5.74, 6) is 3.50. The van der Waals surface area contributed by atoms with Crippen molar-refractivity contribution in [1.29, 1.82) is 0 Å². The molecule has 0 aromatic carbocycles. The highest BCUT2D eigenvalue weighted by Crippen LogP contribution is 2.15. The molecule has 0 amide bonds. The molecular formula is C12H25N5S2. The van der Waals surface area contributed by atoms with Crippen molar-refractivity contribution in [3.8, 4) is 0 Å². The molecule has 0 fully saturated rings. The second-order valence-electron chi connectivity index (χ2n) is 5.26. The van der Waals surface area contributed by atoms with Crippen molar-refractivity contribution in [3.05, 3.63) is 0 Å². The van der Waals surface area contributed by atoms with Crippen LogP contribution in [0.15, 0.2) is 5.16 Å². The van der Waals surface area contributed by atoms with Gasteiger partial charge in [0.15, 0.2) is 0 Å². The Morgan fingerprint density at radius 1 is 1.26 bits per heavy atom. The fraction of sp³-hybridized carbons (Fsp3) is 0.917. The SMILES string of the molecule is CCSCCCSc1nnnn1CCNC(C)(C)C. The van der Waals surface area contributed by atoms with Crippen LogP contribution in [0, 0.1) is 0 Å². The molecular weight excluding hydrogens is 278 g/mol. The Hall–Kier alpha value is -0.270. The molecule has 0 saturated heterocycles. The third kappa shape index (κ3) is 7.79. The van der Waals surface area contributed by atoms with Crippen molar-refractivity contribution < 1.29 is 0 Å². The van der Waals surface area contributed by atoms with Crippen molar-refractivity contribution >= 4 is 23.5 Å². The van der Waals surface area contributed by atoms with Gasteiger partial charge in [-0.15, -0.1) is 5.10 Å². The summed E-state index contributed by atoms with van der Waals surface area (Å²) in [6.07, 6.45) is 1.20. The molecule has 0 bridgehead atoms. The summed E-state index contributed by atoms with van der Waals surface area (Å²) in [7, 11) is 0. The van der Waals surface area contributed by atoms with E-state index in [1.807, 2.05) is 16.4 Å². The van der Waals surface area contributed by atoms with Crippen LogP contribution in [0.5, 0.6) is 0 Å². The van der Waals surface area contributed by atoms with Crippen LogP contribution in [0.1, 0.15) is 34.1 Å². The summed E-state index contributed by atoms with van der Waals surface area (Å²) < 4.78 is 1.89. The number of hydrogen-bond acceptors (Lipinski definition) is 6. The van der Waals surface area contributed by atoms with E-state index >= 15 is 0 Å². The van der Waals surface area contributed by atoms with Crippen molar-refractivity contribution in [1.82, 2.24) is 25.5 Å². The van der Waals surface area contributed by atoms with Crippen LogP contribution in [0.25, 0.3) is 0 Å². The van der Waals surface area contributed by atoms with Crippen LogP contribution in [-0.2, 0) is 6.54 Å². The predicted octanol–water partition coefficient (Wildman–Crippen LogP) is 2.30. The smallest absolute Gasteiger partial charge is 0.209 e. The standard InChI is InChI=1S/C12H25N5S2/c1-5-18-9-6-10-19-11-14-15-16-17(11)8-7-13-12(2,3)4/h13H,5-10H2,1-4H3. The highest BCUT2D eigenvalue weighted by Gasteiger charge is 2.10. The zero-order valence-corrected chi connectivity index (χ0v) is 14.0. The van der Waals surface area contributed by atoms with Crippen molar-refractivity contribution in [2.45, 2.75) is 51.4 Å². The van der Waals surface area contributed by atoms with Gasteiger partial charge in [-0.1, -0.05) is 18.7 Å². The van der Waals surface area contributed by atoms with E-state index in [0.29, 0.717) is 0 Å². The minimum Gasteiger partial charge on any atom is -0.310 e. The molecule has 19 heavy (non-hydrogen) atoms. The molecule has 1 aromatic heterocycles. The maximum absolute atomic E-state index is 4.08. The number of hydrogen-bond donors (Lipinski definition) is 1. The monoisotopic (exact) mass is 303 g/mol. The molecule has 1 rings (SSSR count). The Bertz CT molecular complexity index is 348. The van der Waals surface area contributed by atoms with E-state index in [4.69, 9.17) is 0 Å². The van der Waals surface area contributed by atoms with E-state index in [0.717, 1.165) is 24.0 Å². The Morgan fingerprint density at radius 3 is 2.74 bits per heavy atom. The van der Waals surface area contributed by atoms with E-state index in [1.165, 1.54) is 17.9 Å². The fourth-order valence-electron chi connectivity index (χ4n) is 1.45. The summed E-state index contributed by atoms with van der Waals surface area (Å²) >= 11 is 3.73. The molecule has 0 radical (unpaired) electrons. The van der Waals surface area contributed by atoms with Gasteiger partial charge in [0.2, 0.25) is 5.16 Å². The molecule has 110 valence electrons. The lowest BCUT2D eigenvalue weighted by Crippen LogP contribution is -2.38. The lowest BCUT2D eigenvalue weighted by Gasteiger charge is -2.20. The molecule has 1 heterocycles. The van der Waals surface area contributed by atoms with E-state index in [9.17, 15) is 0 Å². The average molecular weight is 304 g/mol. The topological polar surface area (TPSA) is 55.6 Å². The number of nitrogens with zero attached hydrogens (tertiary/aromatic N) is 4. The molecule has 0 aliphatic rings. The minimum absolute atomic E-state index is 0.138. The van der Waals surface area contributed by atoms with Gasteiger partial charge < -0.3 is 5.32 Å². The van der Waals surface area contributed by atoms with E-state index in [1.54, 1.807) is 11.8 Å². The van der Waals surface area contributed by atoms with E-state index in [2.05, 4.69) is 48.5 Å². The molecule has 0 saturated carbocycles. The van der Waals surface area contributed by atoms with E-state index < -0.39 is 0 Å². The fourth-order valence-corrected chi connectivity index (χ4v) is 3.11. The molecule has 1 aromatic rings. The first-order chi connectivity index (χ1) is 9.03. The number of aromatic nitrogens is 4. The molecule has 1 N–H and O–H groups in total. The quantitative estimate of drug-likeness (QED) is 0.558. The number of rotatable bonds is 9. The van der Waals surface area contributed by atoms with Gasteiger partial charge in [0.05, 0.1) is 6.54 Å². The van der Waals surface area contributed by atoms with Gasteiger partial charge in [0.25, 0.3) is 0 Å². The first-order valence-corrected chi connectivity index (χ1v) is 8.88. The average Bonchev–Trinajstić information content (AvgIpc) is 2.75. The first kappa shape index (κ1) is 16.8. The highest BCUT2D eigenvalue weighted by molar-refractivity contribution is 8.00. The van der Waals surface area contributed by atoms with Gasteiger partial charge >= 0.3 is 0 Å². The maximum atomic E-state index is 4.08. The summed E-state index contributed by atoms with van der Waals surface area (Å²) in [5, 5.41) is 16.3. The van der Waals surface area contributed by atoms with Crippen LogP contribution < -0.4 is 5.32 Å². The van der Waals surface area contributed by atoms with Gasteiger partial charge in [0.1, 0.15) is 0 Å². The van der Waals surface area contributed by atoms with Gasteiger partial charge in [-0.3, -0.25) is 0 Å². The summed E-state index contributed by atoms with van der Waals surface area (Å²) in [4.78, 5) is 0. The Kier molecular flexibility index (Phi) is 7.78. The molecule has 0 aliphatic heterocycles. The lowest BCUT2D eigenvalue weighted by atomic mass is 10.1. The van der Waals surface area contributed by atoms with Gasteiger partial charge in [-0.2, -0.15) is 11.8 Å². The van der Waals surface area contributed by atoms with Gasteiger partial charge in [-0.25, -0.2) is 4.68 Å². The molecule has 0 spiro atoms. The van der Waals surface area contributed by atoms with Crippen molar-refractivity contribution in [3.63, 3.8) is 0 Å². The second kappa shape index (κ2) is 8.81. The molecule has 0 unspecified atom stereocenters. The maximum Gasteiger partial charge on any atom is 0.209 e. The number of nitrogens with one attached hydrogen (secondary N) is 1. The van der Waals surface area contributed by atoms with Gasteiger partial charge in [0, 0.05) is 17.8 Å². The Labute approximate surface area is 124 Å². The normalized spacial score (nSPS) is 12.0. The van der Waals surface area contributed by atoms with E-state index in [-0.39, 0.29) is 5.54 Å². The minimum atomic E-state index is 0.138. The zero-order valence-electron chi connectivity index (χ0n) is 12.3. The highest BCUT2D eigenvalue weighted by atomic mass is 32.2. The van der Waals surface area contributed by atoms with Crippen LogP contribution in [0.2, 0.25) is 0 Å². The van der Waals surface area contributed by atoms with Crippen LogP contribution in [-0.4, -0.2) is 49.5 Å². The first-order valence-electron chi connectivity index (χ1n) is 6.74. The summed E-state index contributed by atoms with van der Waals surface area (Å²) in [6.45, 7) is 10.4. The summed E-state index contributed by atoms with van der Waals surface area (Å²) in [5.41, 5.74) is 0.138. The molecule has 0 atom stereocenters. The number of tetrazole rings is 1. The Balaban J connectivity index is 2.26. The molecule has 5 nitrogen and oxygen atoms in total. The predicted molar refractivity (Wildman–Crippen MR) is 83.9 cm³/mol. The number of thioether (sulfide) groups is 2. The van der Waals surface area contributed by atoms with Gasteiger partial charge in [-0.05, 0) is 49.1 Å². The lowest BCUT2D eigenvalue weighted by molar-refractivity contribution is 0.396. The third-order valence-corrected chi connectivity index (χ3v) is 4.38. The third-order valence-electron chi connectivity index (χ3n) is 2.35. The van der Waals surface area contributed by atoms with Crippen molar-refractivity contribution in [2.24, 2.45) is 0 Å². The molecule has 7 heteroatoms. The van der Waals surface area contributed by atoms with Crippen LogP contribution in [0.4, 0.5) is 0 Å². The van der Waals surface area contributed by atoms with Crippen LogP contribution in [0.3, 0.4) is 0 Å². The summed E-state index contributed by atoms with van der Waals surface area (Å²) in [6, 6.07) is 0. The van der Waals surface area contributed by atoms with Crippen LogP contribution >= 0.6 is 23.5 Å². The molecule has 0 aliphatic carbocycles. The zero-order chi connectivity index (χ0) is 14.1. The van der Waals surface area contributed by atoms with Crippen molar-refractivity contribution in [2.75, 3.05) is 23.8 Å².